The highest BCUT2D eigenvalue weighted by atomic mass is 35.5. The van der Waals surface area contributed by atoms with Gasteiger partial charge in [-0.1, -0.05) is 41.9 Å². The van der Waals surface area contributed by atoms with Gasteiger partial charge in [0.25, 0.3) is 0 Å². The minimum atomic E-state index is 0.277. The summed E-state index contributed by atoms with van der Waals surface area (Å²) in [6, 6.07) is 24.4. The first kappa shape index (κ1) is 21.1. The van der Waals surface area contributed by atoms with Gasteiger partial charge in [0.05, 0.1) is 13.3 Å². The first-order chi connectivity index (χ1) is 15.7. The van der Waals surface area contributed by atoms with E-state index in [1.165, 1.54) is 0 Å². The SMILES string of the molecule is COc1ccc(Nc2nc(N/N=C\c3ccc(Cl)cc3)nc(Nc3ccccc3)n2)cc1. The van der Waals surface area contributed by atoms with Gasteiger partial charge in [-0.3, -0.25) is 0 Å². The number of aromatic nitrogens is 3. The average Bonchev–Trinajstić information content (AvgIpc) is 2.81. The topological polar surface area (TPSA) is 96.4 Å². The summed E-state index contributed by atoms with van der Waals surface area (Å²) in [5.74, 6) is 1.76. The van der Waals surface area contributed by atoms with Crippen LogP contribution in [0.3, 0.4) is 0 Å². The van der Waals surface area contributed by atoms with E-state index in [1.807, 2.05) is 66.7 Å². The number of halogens is 1. The number of hydrogen-bond donors (Lipinski definition) is 3. The summed E-state index contributed by atoms with van der Waals surface area (Å²) in [6.07, 6.45) is 1.65. The molecule has 0 atom stereocenters. The lowest BCUT2D eigenvalue weighted by Gasteiger charge is -2.10. The van der Waals surface area contributed by atoms with E-state index in [1.54, 1.807) is 25.5 Å². The Morgan fingerprint density at radius 2 is 1.34 bits per heavy atom. The number of benzene rings is 3. The monoisotopic (exact) mass is 445 g/mol. The fraction of sp³-hybridized carbons (Fsp3) is 0.0435. The van der Waals surface area contributed by atoms with Gasteiger partial charge in [-0.15, -0.1) is 0 Å². The lowest BCUT2D eigenvalue weighted by molar-refractivity contribution is 0.415. The molecule has 0 aliphatic heterocycles. The van der Waals surface area contributed by atoms with Crippen LogP contribution in [0.2, 0.25) is 5.02 Å². The molecule has 4 aromatic rings. The summed E-state index contributed by atoms with van der Waals surface area (Å²) in [4.78, 5) is 13.3. The lowest BCUT2D eigenvalue weighted by Crippen LogP contribution is -2.07. The molecule has 3 N–H and O–H groups in total. The van der Waals surface area contributed by atoms with Crippen LogP contribution in [-0.4, -0.2) is 28.3 Å². The molecule has 3 aromatic carbocycles. The number of para-hydroxylation sites is 1. The van der Waals surface area contributed by atoms with Crippen molar-refractivity contribution in [1.29, 1.82) is 0 Å². The molecular weight excluding hydrogens is 426 g/mol. The number of nitrogens with one attached hydrogen (secondary N) is 3. The first-order valence-corrected chi connectivity index (χ1v) is 10.1. The molecule has 0 saturated heterocycles. The number of rotatable bonds is 8. The Morgan fingerprint density at radius 3 is 1.97 bits per heavy atom. The van der Waals surface area contributed by atoms with E-state index in [2.05, 4.69) is 36.1 Å². The van der Waals surface area contributed by atoms with E-state index in [0.29, 0.717) is 16.9 Å². The molecule has 0 unspecified atom stereocenters. The average molecular weight is 446 g/mol. The molecule has 160 valence electrons. The van der Waals surface area contributed by atoms with Gasteiger partial charge < -0.3 is 15.4 Å². The molecular formula is C23H20ClN7O. The molecule has 9 heteroatoms. The molecule has 8 nitrogen and oxygen atoms in total. The maximum atomic E-state index is 5.92. The van der Waals surface area contributed by atoms with E-state index in [-0.39, 0.29) is 5.95 Å². The third-order valence-electron chi connectivity index (χ3n) is 4.26. The highest BCUT2D eigenvalue weighted by Gasteiger charge is 2.08. The minimum absolute atomic E-state index is 0.277. The fourth-order valence-electron chi connectivity index (χ4n) is 2.71. The standard InChI is InChI=1S/C23H20ClN7O/c1-32-20-13-11-19(12-14-20)27-22-28-21(26-18-5-3-2-4-6-18)29-23(30-22)31-25-15-16-7-9-17(24)10-8-16/h2-15H,1H3,(H3,26,27,28,29,30,31)/b25-15-. The Balaban J connectivity index is 1.56. The molecule has 0 saturated carbocycles. The molecule has 0 spiro atoms. The van der Waals surface area contributed by atoms with Gasteiger partial charge in [0.1, 0.15) is 5.75 Å². The zero-order valence-electron chi connectivity index (χ0n) is 17.2. The summed E-state index contributed by atoms with van der Waals surface area (Å²) in [7, 11) is 1.62. The van der Waals surface area contributed by atoms with Crippen LogP contribution in [0.15, 0.2) is 84.0 Å². The third kappa shape index (κ3) is 5.93. The summed E-state index contributed by atoms with van der Waals surface area (Å²) >= 11 is 5.92. The van der Waals surface area contributed by atoms with Gasteiger partial charge in [-0.2, -0.15) is 20.1 Å². The maximum Gasteiger partial charge on any atom is 0.250 e. The van der Waals surface area contributed by atoms with Gasteiger partial charge in [-0.25, -0.2) is 5.43 Å². The summed E-state index contributed by atoms with van der Waals surface area (Å²) < 4.78 is 5.20. The van der Waals surface area contributed by atoms with Gasteiger partial charge in [0.2, 0.25) is 17.8 Å². The molecule has 4 rings (SSSR count). The van der Waals surface area contributed by atoms with E-state index < -0.39 is 0 Å². The molecule has 0 radical (unpaired) electrons. The lowest BCUT2D eigenvalue weighted by atomic mass is 10.2. The number of anilines is 5. The predicted octanol–water partition coefficient (Wildman–Crippen LogP) is 5.47. The second kappa shape index (κ2) is 10.2. The van der Waals surface area contributed by atoms with Gasteiger partial charge >= 0.3 is 0 Å². The highest BCUT2D eigenvalue weighted by Crippen LogP contribution is 2.20. The molecule has 0 bridgehead atoms. The van der Waals surface area contributed by atoms with Gasteiger partial charge in [0, 0.05) is 16.4 Å². The van der Waals surface area contributed by atoms with E-state index >= 15 is 0 Å². The zero-order chi connectivity index (χ0) is 22.2. The minimum Gasteiger partial charge on any atom is -0.497 e. The molecule has 1 aromatic heterocycles. The van der Waals surface area contributed by atoms with E-state index in [0.717, 1.165) is 22.7 Å². The number of hydrogen-bond acceptors (Lipinski definition) is 8. The second-order valence-electron chi connectivity index (χ2n) is 6.57. The van der Waals surface area contributed by atoms with Crippen molar-refractivity contribution in [2.75, 3.05) is 23.2 Å². The second-order valence-corrected chi connectivity index (χ2v) is 7.01. The Morgan fingerprint density at radius 1 is 0.750 bits per heavy atom. The van der Waals surface area contributed by atoms with Crippen molar-refractivity contribution in [1.82, 2.24) is 15.0 Å². The van der Waals surface area contributed by atoms with Crippen molar-refractivity contribution >= 4 is 47.0 Å². The Kier molecular flexibility index (Phi) is 6.74. The highest BCUT2D eigenvalue weighted by molar-refractivity contribution is 6.30. The van der Waals surface area contributed by atoms with Crippen molar-refractivity contribution in [2.45, 2.75) is 0 Å². The van der Waals surface area contributed by atoms with Gasteiger partial charge in [-0.05, 0) is 54.1 Å². The largest absolute Gasteiger partial charge is 0.497 e. The van der Waals surface area contributed by atoms with Crippen LogP contribution >= 0.6 is 11.6 Å². The first-order valence-electron chi connectivity index (χ1n) is 9.72. The van der Waals surface area contributed by atoms with Crippen LogP contribution < -0.4 is 20.8 Å². The number of hydrazone groups is 1. The Bertz CT molecular complexity index is 1180. The Hall–Kier alpha value is -4.17. The number of nitrogens with zero attached hydrogens (tertiary/aromatic N) is 4. The molecule has 0 amide bonds. The summed E-state index contributed by atoms with van der Waals surface area (Å²) in [6.45, 7) is 0. The molecule has 32 heavy (non-hydrogen) atoms. The van der Waals surface area contributed by atoms with Crippen LogP contribution in [0.1, 0.15) is 5.56 Å². The smallest absolute Gasteiger partial charge is 0.250 e. The van der Waals surface area contributed by atoms with E-state index in [4.69, 9.17) is 16.3 Å². The van der Waals surface area contributed by atoms with Crippen molar-refractivity contribution in [3.63, 3.8) is 0 Å². The van der Waals surface area contributed by atoms with Crippen LogP contribution in [0, 0.1) is 0 Å². The van der Waals surface area contributed by atoms with Crippen LogP contribution in [0.25, 0.3) is 0 Å². The van der Waals surface area contributed by atoms with Crippen molar-refractivity contribution in [3.05, 3.63) is 89.4 Å². The molecule has 1 heterocycles. The third-order valence-corrected chi connectivity index (χ3v) is 4.51. The maximum absolute atomic E-state index is 5.92. The van der Waals surface area contributed by atoms with Crippen molar-refractivity contribution in [2.24, 2.45) is 5.10 Å². The molecule has 0 aliphatic rings. The summed E-state index contributed by atoms with van der Waals surface area (Å²) in [5.41, 5.74) is 5.39. The Labute approximate surface area is 190 Å². The molecule has 0 aliphatic carbocycles. The fourth-order valence-corrected chi connectivity index (χ4v) is 2.83. The zero-order valence-corrected chi connectivity index (χ0v) is 17.9. The van der Waals surface area contributed by atoms with Crippen LogP contribution in [-0.2, 0) is 0 Å². The van der Waals surface area contributed by atoms with Gasteiger partial charge in [0.15, 0.2) is 0 Å². The summed E-state index contributed by atoms with van der Waals surface area (Å²) in [5, 5.41) is 11.2. The quantitative estimate of drug-likeness (QED) is 0.244. The van der Waals surface area contributed by atoms with Crippen LogP contribution in [0.4, 0.5) is 29.2 Å². The predicted molar refractivity (Wildman–Crippen MR) is 128 cm³/mol. The number of ether oxygens (including phenoxy) is 1. The molecule has 0 fully saturated rings. The van der Waals surface area contributed by atoms with Crippen molar-refractivity contribution < 1.29 is 4.74 Å². The van der Waals surface area contributed by atoms with Crippen LogP contribution in [0.5, 0.6) is 5.75 Å². The normalized spacial score (nSPS) is 10.7. The van der Waals surface area contributed by atoms with E-state index in [9.17, 15) is 0 Å². The van der Waals surface area contributed by atoms with Crippen molar-refractivity contribution in [3.8, 4) is 5.75 Å². The number of methoxy groups -OCH3 is 1.